The zero-order valence-corrected chi connectivity index (χ0v) is 14.6. The van der Waals surface area contributed by atoms with Crippen LogP contribution in [0.1, 0.15) is 46.0 Å². The van der Waals surface area contributed by atoms with Crippen molar-refractivity contribution in [3.63, 3.8) is 0 Å². The first kappa shape index (κ1) is 16.1. The quantitative estimate of drug-likeness (QED) is 0.804. The summed E-state index contributed by atoms with van der Waals surface area (Å²) in [7, 11) is 1.89. The van der Waals surface area contributed by atoms with Gasteiger partial charge in [0.15, 0.2) is 0 Å². The zero-order valence-electron chi connectivity index (χ0n) is 14.6. The van der Waals surface area contributed by atoms with E-state index >= 15 is 0 Å². The molecule has 0 fully saturated rings. The Bertz CT molecular complexity index is 929. The maximum Gasteiger partial charge on any atom is 0.251 e. The van der Waals surface area contributed by atoms with E-state index in [0.29, 0.717) is 5.56 Å². The number of hydrogen-bond acceptors (Lipinski definition) is 4. The van der Waals surface area contributed by atoms with Crippen LogP contribution in [0.3, 0.4) is 0 Å². The van der Waals surface area contributed by atoms with Crippen molar-refractivity contribution in [1.29, 1.82) is 0 Å². The third kappa shape index (κ3) is 2.87. The van der Waals surface area contributed by atoms with Gasteiger partial charge in [0.05, 0.1) is 34.7 Å². The van der Waals surface area contributed by atoms with Gasteiger partial charge in [0.2, 0.25) is 0 Å². The average molecular weight is 323 g/mol. The van der Waals surface area contributed by atoms with Gasteiger partial charge in [0.1, 0.15) is 0 Å². The predicted molar refractivity (Wildman–Crippen MR) is 92.8 cm³/mol. The Labute approximate surface area is 140 Å². The van der Waals surface area contributed by atoms with Crippen LogP contribution in [-0.2, 0) is 7.05 Å². The molecule has 0 saturated heterocycles. The Balaban J connectivity index is 1.85. The summed E-state index contributed by atoms with van der Waals surface area (Å²) in [5.41, 5.74) is 5.94. The number of hydrogen-bond donors (Lipinski definition) is 1. The molecule has 124 valence electrons. The smallest absolute Gasteiger partial charge is 0.251 e. The van der Waals surface area contributed by atoms with Gasteiger partial charge in [0, 0.05) is 23.9 Å². The Morgan fingerprint density at radius 2 is 1.79 bits per heavy atom. The van der Waals surface area contributed by atoms with Crippen molar-refractivity contribution >= 4 is 16.9 Å². The lowest BCUT2D eigenvalue weighted by molar-refractivity contribution is 0.0940. The van der Waals surface area contributed by atoms with Gasteiger partial charge >= 0.3 is 0 Å². The molecule has 0 spiro atoms. The van der Waals surface area contributed by atoms with Gasteiger partial charge in [0.25, 0.3) is 5.91 Å². The van der Waals surface area contributed by atoms with Gasteiger partial charge in [-0.15, -0.1) is 0 Å². The van der Waals surface area contributed by atoms with Crippen LogP contribution in [0.5, 0.6) is 0 Å². The Kier molecular flexibility index (Phi) is 4.05. The minimum Gasteiger partial charge on any atom is -0.345 e. The summed E-state index contributed by atoms with van der Waals surface area (Å²) in [6.45, 7) is 7.79. The van der Waals surface area contributed by atoms with Crippen molar-refractivity contribution in [3.8, 4) is 0 Å². The van der Waals surface area contributed by atoms with Crippen molar-refractivity contribution < 1.29 is 4.79 Å². The summed E-state index contributed by atoms with van der Waals surface area (Å²) in [6, 6.07) is 5.29. The number of carbonyl (C=O) groups is 1. The minimum atomic E-state index is -0.132. The molecule has 1 amide bonds. The highest BCUT2D eigenvalue weighted by molar-refractivity contribution is 5.97. The SMILES string of the molecule is Cc1nc2ccc(C(=O)N[C@@H](C)c3cnn(C)c3C)cc2nc1C. The molecular formula is C18H21N5O. The fourth-order valence-corrected chi connectivity index (χ4v) is 2.67. The van der Waals surface area contributed by atoms with E-state index in [1.54, 1.807) is 23.0 Å². The zero-order chi connectivity index (χ0) is 17.4. The third-order valence-electron chi connectivity index (χ3n) is 4.42. The molecule has 24 heavy (non-hydrogen) atoms. The fourth-order valence-electron chi connectivity index (χ4n) is 2.67. The second kappa shape index (κ2) is 6.03. The van der Waals surface area contributed by atoms with Crippen LogP contribution >= 0.6 is 0 Å². The number of carbonyl (C=O) groups excluding carboxylic acids is 1. The normalized spacial score (nSPS) is 12.4. The molecule has 0 aliphatic rings. The number of aromatic nitrogens is 4. The highest BCUT2D eigenvalue weighted by Crippen LogP contribution is 2.18. The Morgan fingerprint density at radius 3 is 2.42 bits per heavy atom. The van der Waals surface area contributed by atoms with Crippen LogP contribution in [0.15, 0.2) is 24.4 Å². The number of amides is 1. The largest absolute Gasteiger partial charge is 0.345 e. The number of benzene rings is 1. The molecule has 0 aliphatic carbocycles. The molecule has 6 nitrogen and oxygen atoms in total. The lowest BCUT2D eigenvalue weighted by Gasteiger charge is -2.14. The first-order valence-corrected chi connectivity index (χ1v) is 7.91. The Hall–Kier alpha value is -2.76. The fraction of sp³-hybridized carbons (Fsp3) is 0.333. The highest BCUT2D eigenvalue weighted by atomic mass is 16.1. The van der Waals surface area contributed by atoms with E-state index in [2.05, 4.69) is 20.4 Å². The lowest BCUT2D eigenvalue weighted by Crippen LogP contribution is -2.27. The van der Waals surface area contributed by atoms with E-state index in [4.69, 9.17) is 0 Å². The maximum atomic E-state index is 12.6. The molecule has 0 saturated carbocycles. The molecule has 1 atom stereocenters. The number of aryl methyl sites for hydroxylation is 3. The van der Waals surface area contributed by atoms with E-state index in [1.807, 2.05) is 40.8 Å². The molecule has 3 aromatic rings. The first-order chi connectivity index (χ1) is 11.4. The van der Waals surface area contributed by atoms with Gasteiger partial charge in [-0.3, -0.25) is 9.48 Å². The van der Waals surface area contributed by atoms with Gasteiger partial charge in [-0.25, -0.2) is 9.97 Å². The highest BCUT2D eigenvalue weighted by Gasteiger charge is 2.16. The predicted octanol–water partition coefficient (Wildman–Crippen LogP) is 2.78. The molecule has 1 aromatic carbocycles. The number of nitrogens with one attached hydrogen (secondary N) is 1. The van der Waals surface area contributed by atoms with Crippen molar-refractivity contribution in [1.82, 2.24) is 25.1 Å². The van der Waals surface area contributed by atoms with E-state index in [-0.39, 0.29) is 11.9 Å². The van der Waals surface area contributed by atoms with Gasteiger partial charge in [-0.05, 0) is 45.9 Å². The number of rotatable bonds is 3. The third-order valence-corrected chi connectivity index (χ3v) is 4.42. The molecule has 0 radical (unpaired) electrons. The van der Waals surface area contributed by atoms with Crippen molar-refractivity contribution in [2.75, 3.05) is 0 Å². The summed E-state index contributed by atoms with van der Waals surface area (Å²) < 4.78 is 1.80. The van der Waals surface area contributed by atoms with E-state index in [1.165, 1.54) is 0 Å². The van der Waals surface area contributed by atoms with E-state index in [0.717, 1.165) is 33.7 Å². The van der Waals surface area contributed by atoms with Gasteiger partial charge < -0.3 is 5.32 Å². The molecule has 0 aliphatic heterocycles. The van der Waals surface area contributed by atoms with Crippen LogP contribution in [0.2, 0.25) is 0 Å². The van der Waals surface area contributed by atoms with Gasteiger partial charge in [-0.2, -0.15) is 5.10 Å². The molecule has 1 N–H and O–H groups in total. The summed E-state index contributed by atoms with van der Waals surface area (Å²) >= 11 is 0. The second-order valence-electron chi connectivity index (χ2n) is 6.10. The minimum absolute atomic E-state index is 0.118. The van der Waals surface area contributed by atoms with E-state index in [9.17, 15) is 4.79 Å². The topological polar surface area (TPSA) is 72.7 Å². The van der Waals surface area contributed by atoms with Crippen LogP contribution in [-0.4, -0.2) is 25.7 Å². The summed E-state index contributed by atoms with van der Waals surface area (Å²) in [5, 5.41) is 7.24. The maximum absolute atomic E-state index is 12.6. The monoisotopic (exact) mass is 323 g/mol. The standard InChI is InChI=1S/C18H21N5O/c1-10-11(2)21-17-8-14(6-7-16(17)20-10)18(24)22-12(3)15-9-19-23(5)13(15)4/h6-9,12H,1-5H3,(H,22,24)/t12-/m0/s1. The van der Waals surface area contributed by atoms with Crippen molar-refractivity contribution in [2.24, 2.45) is 7.05 Å². The average Bonchev–Trinajstić information content (AvgIpc) is 2.87. The number of fused-ring (bicyclic) bond motifs is 1. The molecule has 3 rings (SSSR count). The molecule has 0 unspecified atom stereocenters. The first-order valence-electron chi connectivity index (χ1n) is 7.91. The summed E-state index contributed by atoms with van der Waals surface area (Å²) in [5.74, 6) is -0.132. The summed E-state index contributed by atoms with van der Waals surface area (Å²) in [4.78, 5) is 21.6. The van der Waals surface area contributed by atoms with E-state index < -0.39 is 0 Å². The second-order valence-corrected chi connectivity index (χ2v) is 6.10. The molecule has 6 heteroatoms. The summed E-state index contributed by atoms with van der Waals surface area (Å²) in [6.07, 6.45) is 1.79. The lowest BCUT2D eigenvalue weighted by atomic mass is 10.1. The van der Waals surface area contributed by atoms with Crippen LogP contribution in [0, 0.1) is 20.8 Å². The van der Waals surface area contributed by atoms with Gasteiger partial charge in [-0.1, -0.05) is 0 Å². The van der Waals surface area contributed by atoms with Crippen molar-refractivity contribution in [2.45, 2.75) is 33.7 Å². The number of nitrogens with zero attached hydrogens (tertiary/aromatic N) is 4. The molecular weight excluding hydrogens is 302 g/mol. The molecule has 2 heterocycles. The van der Waals surface area contributed by atoms with Crippen molar-refractivity contribution in [3.05, 3.63) is 52.6 Å². The molecule has 2 aromatic heterocycles. The Morgan fingerprint density at radius 1 is 1.12 bits per heavy atom. The van der Waals surface area contributed by atoms with Crippen LogP contribution < -0.4 is 5.32 Å². The molecule has 0 bridgehead atoms. The van der Waals surface area contributed by atoms with Crippen LogP contribution in [0.4, 0.5) is 0 Å². The van der Waals surface area contributed by atoms with Crippen LogP contribution in [0.25, 0.3) is 11.0 Å².